The van der Waals surface area contributed by atoms with Gasteiger partial charge in [0.2, 0.25) is 5.16 Å². The summed E-state index contributed by atoms with van der Waals surface area (Å²) in [6, 6.07) is 6.94. The summed E-state index contributed by atoms with van der Waals surface area (Å²) in [5.41, 5.74) is 0.872. The zero-order valence-corrected chi connectivity index (χ0v) is 13.1. The molecule has 0 spiro atoms. The van der Waals surface area contributed by atoms with Crippen molar-refractivity contribution < 1.29 is 5.11 Å². The van der Waals surface area contributed by atoms with Gasteiger partial charge in [0.1, 0.15) is 5.75 Å². The fraction of sp³-hybridized carbons (Fsp3) is 0.533. The van der Waals surface area contributed by atoms with Crippen LogP contribution in [-0.2, 0) is 0 Å². The monoisotopic (exact) mass is 304 g/mol. The van der Waals surface area contributed by atoms with Crippen molar-refractivity contribution in [3.63, 3.8) is 0 Å². The first kappa shape index (κ1) is 14.4. The van der Waals surface area contributed by atoms with Crippen LogP contribution in [0.5, 0.6) is 5.75 Å². The molecule has 21 heavy (non-hydrogen) atoms. The maximum absolute atomic E-state index is 9.38. The molecule has 2 unspecified atom stereocenters. The highest BCUT2D eigenvalue weighted by molar-refractivity contribution is 7.99. The molecule has 1 aromatic carbocycles. The van der Waals surface area contributed by atoms with Crippen LogP contribution in [0.3, 0.4) is 0 Å². The molecule has 0 bridgehead atoms. The average Bonchev–Trinajstić information content (AvgIpc) is 2.86. The van der Waals surface area contributed by atoms with Gasteiger partial charge in [-0.25, -0.2) is 0 Å². The van der Waals surface area contributed by atoms with Crippen LogP contribution in [-0.4, -0.2) is 30.6 Å². The number of phenolic OH excluding ortho intramolecular Hbond substituents is 1. The molecule has 6 heteroatoms. The van der Waals surface area contributed by atoms with Gasteiger partial charge >= 0.3 is 0 Å². The van der Waals surface area contributed by atoms with Crippen LogP contribution < -0.4 is 0 Å². The Morgan fingerprint density at radius 3 is 2.43 bits per heavy atom. The maximum atomic E-state index is 9.38. The van der Waals surface area contributed by atoms with Crippen molar-refractivity contribution in [3.8, 4) is 11.4 Å². The van der Waals surface area contributed by atoms with Gasteiger partial charge in [-0.3, -0.25) is 0 Å². The van der Waals surface area contributed by atoms with Gasteiger partial charge in [-0.2, -0.15) is 4.68 Å². The smallest absolute Gasteiger partial charge is 0.214 e. The number of benzene rings is 1. The van der Waals surface area contributed by atoms with E-state index in [1.807, 2.05) is 12.1 Å². The highest BCUT2D eigenvalue weighted by Crippen LogP contribution is 2.38. The average molecular weight is 304 g/mol. The Kier molecular flexibility index (Phi) is 4.14. The molecule has 2 atom stereocenters. The van der Waals surface area contributed by atoms with Gasteiger partial charge in [0.25, 0.3) is 0 Å². The van der Waals surface area contributed by atoms with Gasteiger partial charge in [0, 0.05) is 5.25 Å². The van der Waals surface area contributed by atoms with E-state index in [0.717, 1.165) is 22.7 Å². The van der Waals surface area contributed by atoms with Crippen molar-refractivity contribution in [2.75, 3.05) is 0 Å². The molecular weight excluding hydrogens is 284 g/mol. The minimum absolute atomic E-state index is 0.246. The molecule has 1 aliphatic rings. The second kappa shape index (κ2) is 6.05. The van der Waals surface area contributed by atoms with Crippen LogP contribution in [0.4, 0.5) is 0 Å². The molecule has 0 aliphatic heterocycles. The predicted molar refractivity (Wildman–Crippen MR) is 82.6 cm³/mol. The quantitative estimate of drug-likeness (QED) is 0.942. The summed E-state index contributed by atoms with van der Waals surface area (Å²) in [5.74, 6) is 1.78. The Bertz CT molecular complexity index is 588. The molecule has 1 saturated carbocycles. The second-order valence-corrected chi connectivity index (χ2v) is 7.31. The number of hydrogen-bond donors (Lipinski definition) is 1. The van der Waals surface area contributed by atoms with Crippen LogP contribution in [0.25, 0.3) is 5.69 Å². The topological polar surface area (TPSA) is 63.8 Å². The normalized spacial score (nSPS) is 25.9. The summed E-state index contributed by atoms with van der Waals surface area (Å²) in [6.07, 6.45) is 3.76. The minimum atomic E-state index is 0.246. The van der Waals surface area contributed by atoms with E-state index in [0.29, 0.717) is 5.25 Å². The first-order valence-corrected chi connectivity index (χ1v) is 8.24. The Hall–Kier alpha value is -1.56. The third-order valence-corrected chi connectivity index (χ3v) is 5.13. The van der Waals surface area contributed by atoms with Crippen molar-refractivity contribution in [1.82, 2.24) is 20.2 Å². The first-order chi connectivity index (χ1) is 10.1. The van der Waals surface area contributed by atoms with Crippen LogP contribution >= 0.6 is 11.8 Å². The van der Waals surface area contributed by atoms with E-state index in [9.17, 15) is 5.11 Å². The third kappa shape index (κ3) is 3.37. The molecule has 112 valence electrons. The largest absolute Gasteiger partial charge is 0.508 e. The van der Waals surface area contributed by atoms with Crippen molar-refractivity contribution in [3.05, 3.63) is 24.3 Å². The molecule has 1 N–H and O–H groups in total. The number of hydrogen-bond acceptors (Lipinski definition) is 5. The molecule has 0 radical (unpaired) electrons. The van der Waals surface area contributed by atoms with Gasteiger partial charge in [-0.1, -0.05) is 25.6 Å². The number of aromatic hydroxyl groups is 1. The SMILES string of the molecule is CC1CC(C)CC(Sc2nnnn2-c2ccc(O)cc2)C1. The molecule has 0 saturated heterocycles. The molecule has 3 rings (SSSR count). The third-order valence-electron chi connectivity index (χ3n) is 3.94. The van der Waals surface area contributed by atoms with Gasteiger partial charge in [0.05, 0.1) is 5.69 Å². The van der Waals surface area contributed by atoms with E-state index < -0.39 is 0 Å². The van der Waals surface area contributed by atoms with Crippen molar-refractivity contribution in [2.45, 2.75) is 43.5 Å². The molecule has 5 nitrogen and oxygen atoms in total. The molecular formula is C15H20N4OS. The van der Waals surface area contributed by atoms with Gasteiger partial charge in [0.15, 0.2) is 0 Å². The van der Waals surface area contributed by atoms with E-state index in [1.54, 1.807) is 28.6 Å². The highest BCUT2D eigenvalue weighted by atomic mass is 32.2. The number of tetrazole rings is 1. The van der Waals surface area contributed by atoms with E-state index in [2.05, 4.69) is 29.4 Å². The summed E-state index contributed by atoms with van der Waals surface area (Å²) < 4.78 is 1.74. The highest BCUT2D eigenvalue weighted by Gasteiger charge is 2.26. The maximum Gasteiger partial charge on any atom is 0.214 e. The fourth-order valence-corrected chi connectivity index (χ4v) is 4.60. The molecule has 0 amide bonds. The lowest BCUT2D eigenvalue weighted by Gasteiger charge is -2.30. The summed E-state index contributed by atoms with van der Waals surface area (Å²) in [5, 5.41) is 22.8. The Labute approximate surface area is 128 Å². The summed E-state index contributed by atoms with van der Waals surface area (Å²) in [4.78, 5) is 0. The van der Waals surface area contributed by atoms with Gasteiger partial charge in [-0.15, -0.1) is 5.10 Å². The van der Waals surface area contributed by atoms with Gasteiger partial charge in [-0.05, 0) is 65.8 Å². The van der Waals surface area contributed by atoms with Gasteiger partial charge < -0.3 is 5.11 Å². The van der Waals surface area contributed by atoms with Crippen molar-refractivity contribution in [1.29, 1.82) is 0 Å². The Morgan fingerprint density at radius 2 is 1.76 bits per heavy atom. The zero-order valence-electron chi connectivity index (χ0n) is 12.3. The molecule has 2 aromatic rings. The zero-order chi connectivity index (χ0) is 14.8. The van der Waals surface area contributed by atoms with E-state index in [4.69, 9.17) is 0 Å². The molecule has 1 aliphatic carbocycles. The Morgan fingerprint density at radius 1 is 1.10 bits per heavy atom. The van der Waals surface area contributed by atoms with Crippen molar-refractivity contribution >= 4 is 11.8 Å². The van der Waals surface area contributed by atoms with E-state index in [-0.39, 0.29) is 5.75 Å². The number of rotatable bonds is 3. The lowest BCUT2D eigenvalue weighted by Crippen LogP contribution is -2.21. The van der Waals surface area contributed by atoms with E-state index in [1.165, 1.54) is 19.3 Å². The fourth-order valence-electron chi connectivity index (χ4n) is 3.13. The lowest BCUT2D eigenvalue weighted by molar-refractivity contribution is 0.308. The number of aromatic nitrogens is 4. The minimum Gasteiger partial charge on any atom is -0.508 e. The lowest BCUT2D eigenvalue weighted by atomic mass is 9.83. The number of nitrogens with zero attached hydrogens (tertiary/aromatic N) is 4. The Balaban J connectivity index is 1.78. The molecule has 1 heterocycles. The van der Waals surface area contributed by atoms with Crippen LogP contribution in [0.15, 0.2) is 29.4 Å². The van der Waals surface area contributed by atoms with Crippen LogP contribution in [0.2, 0.25) is 0 Å². The molecule has 1 aromatic heterocycles. The number of phenols is 1. The number of thioether (sulfide) groups is 1. The van der Waals surface area contributed by atoms with Crippen LogP contribution in [0.1, 0.15) is 33.1 Å². The molecule has 1 fully saturated rings. The van der Waals surface area contributed by atoms with Crippen molar-refractivity contribution in [2.24, 2.45) is 11.8 Å². The first-order valence-electron chi connectivity index (χ1n) is 7.36. The summed E-state index contributed by atoms with van der Waals surface area (Å²) in [6.45, 7) is 4.65. The predicted octanol–water partition coefficient (Wildman–Crippen LogP) is 3.28. The summed E-state index contributed by atoms with van der Waals surface area (Å²) in [7, 11) is 0. The van der Waals surface area contributed by atoms with Crippen LogP contribution in [0, 0.1) is 11.8 Å². The second-order valence-electron chi connectivity index (χ2n) is 6.05. The standard InChI is InChI=1S/C15H20N4OS/c1-10-7-11(2)9-14(8-10)21-15-16-17-18-19(15)12-3-5-13(20)6-4-12/h3-6,10-11,14,20H,7-9H2,1-2H3. The van der Waals surface area contributed by atoms with E-state index >= 15 is 0 Å². The summed E-state index contributed by atoms with van der Waals surface area (Å²) >= 11 is 1.77.